The smallest absolute Gasteiger partial charge is 0.111 e. The lowest BCUT2D eigenvalue weighted by atomic mass is 10.2. The van der Waals surface area contributed by atoms with E-state index in [-0.39, 0.29) is 0 Å². The first-order chi connectivity index (χ1) is 8.78. The van der Waals surface area contributed by atoms with Gasteiger partial charge in [0.15, 0.2) is 0 Å². The van der Waals surface area contributed by atoms with Crippen LogP contribution in [0.3, 0.4) is 0 Å². The molecule has 3 nitrogen and oxygen atoms in total. The van der Waals surface area contributed by atoms with Gasteiger partial charge < -0.3 is 9.88 Å². The van der Waals surface area contributed by atoms with E-state index in [9.17, 15) is 0 Å². The minimum absolute atomic E-state index is 0.784. The lowest BCUT2D eigenvalue weighted by Crippen LogP contribution is -2.20. The van der Waals surface area contributed by atoms with Crippen LogP contribution in [0.4, 0.5) is 0 Å². The molecular weight excluding hydrogens is 222 g/mol. The van der Waals surface area contributed by atoms with E-state index in [0.717, 1.165) is 31.1 Å². The second kappa shape index (κ2) is 4.73. The number of aryl methyl sites for hydroxylation is 2. The van der Waals surface area contributed by atoms with Gasteiger partial charge in [-0.25, -0.2) is 4.98 Å². The van der Waals surface area contributed by atoms with Crippen molar-refractivity contribution < 1.29 is 0 Å². The maximum atomic E-state index is 4.78. The van der Waals surface area contributed by atoms with Crippen molar-refractivity contribution in [1.82, 2.24) is 14.9 Å². The van der Waals surface area contributed by atoms with Crippen molar-refractivity contribution in [2.75, 3.05) is 6.54 Å². The van der Waals surface area contributed by atoms with Gasteiger partial charge in [-0.05, 0) is 44.4 Å². The number of nitrogens with one attached hydrogen (secondary N) is 1. The lowest BCUT2D eigenvalue weighted by Gasteiger charge is -2.06. The van der Waals surface area contributed by atoms with Crippen molar-refractivity contribution in [3.8, 4) is 0 Å². The average molecular weight is 243 g/mol. The number of fused-ring (bicyclic) bond motifs is 1. The summed E-state index contributed by atoms with van der Waals surface area (Å²) < 4.78 is 2.34. The molecule has 1 N–H and O–H groups in total. The predicted octanol–water partition coefficient (Wildman–Crippen LogP) is 2.66. The Bertz CT molecular complexity index is 552. The molecule has 1 fully saturated rings. The molecule has 0 atom stereocenters. The number of rotatable bonds is 5. The molecule has 0 aliphatic heterocycles. The molecule has 96 valence electrons. The monoisotopic (exact) mass is 243 g/mol. The Kier molecular flexibility index (Phi) is 3.08. The van der Waals surface area contributed by atoms with E-state index in [4.69, 9.17) is 4.98 Å². The van der Waals surface area contributed by atoms with Crippen molar-refractivity contribution in [3.63, 3.8) is 0 Å². The number of imidazole rings is 1. The highest BCUT2D eigenvalue weighted by molar-refractivity contribution is 5.76. The van der Waals surface area contributed by atoms with Crippen molar-refractivity contribution in [3.05, 3.63) is 29.6 Å². The molecule has 0 amide bonds. The van der Waals surface area contributed by atoms with Crippen LogP contribution in [0.5, 0.6) is 0 Å². The standard InChI is InChI=1S/C15H21N3/c1-3-18-14-7-4-11(2)10-13(14)17-15(18)8-9-16-12-5-6-12/h4,7,10,12,16H,3,5-6,8-9H2,1-2H3. The van der Waals surface area contributed by atoms with Gasteiger partial charge >= 0.3 is 0 Å². The first kappa shape index (κ1) is 11.7. The SMILES string of the molecule is CCn1c(CCNC2CC2)nc2cc(C)ccc21. The van der Waals surface area contributed by atoms with E-state index in [0.29, 0.717) is 0 Å². The number of benzene rings is 1. The fourth-order valence-corrected chi connectivity index (χ4v) is 2.51. The van der Waals surface area contributed by atoms with Gasteiger partial charge in [-0.1, -0.05) is 6.07 Å². The summed E-state index contributed by atoms with van der Waals surface area (Å²) in [5.74, 6) is 1.21. The molecule has 3 rings (SSSR count). The molecule has 1 saturated carbocycles. The highest BCUT2D eigenvalue weighted by Gasteiger charge is 2.20. The van der Waals surface area contributed by atoms with E-state index in [1.54, 1.807) is 0 Å². The molecule has 3 heteroatoms. The Hall–Kier alpha value is -1.35. The Morgan fingerprint density at radius 3 is 2.94 bits per heavy atom. The first-order valence-corrected chi connectivity index (χ1v) is 6.97. The van der Waals surface area contributed by atoms with Crippen LogP contribution in [0.25, 0.3) is 11.0 Å². The lowest BCUT2D eigenvalue weighted by molar-refractivity contribution is 0.637. The van der Waals surface area contributed by atoms with Crippen LogP contribution < -0.4 is 5.32 Å². The van der Waals surface area contributed by atoms with Crippen molar-refractivity contribution >= 4 is 11.0 Å². The van der Waals surface area contributed by atoms with E-state index in [1.165, 1.54) is 29.7 Å². The van der Waals surface area contributed by atoms with Crippen molar-refractivity contribution in [1.29, 1.82) is 0 Å². The molecule has 0 saturated heterocycles. The van der Waals surface area contributed by atoms with Gasteiger partial charge in [-0.3, -0.25) is 0 Å². The summed E-state index contributed by atoms with van der Waals surface area (Å²) in [6.45, 7) is 6.36. The van der Waals surface area contributed by atoms with Gasteiger partial charge in [0.25, 0.3) is 0 Å². The van der Waals surface area contributed by atoms with Crippen molar-refractivity contribution in [2.45, 2.75) is 45.7 Å². The number of hydrogen-bond donors (Lipinski definition) is 1. The van der Waals surface area contributed by atoms with Crippen LogP contribution >= 0.6 is 0 Å². The third-order valence-electron chi connectivity index (χ3n) is 3.66. The van der Waals surface area contributed by atoms with E-state index in [2.05, 4.69) is 41.9 Å². The zero-order valence-electron chi connectivity index (χ0n) is 11.2. The van der Waals surface area contributed by atoms with Crippen LogP contribution in [0.2, 0.25) is 0 Å². The Morgan fingerprint density at radius 2 is 2.22 bits per heavy atom. The summed E-state index contributed by atoms with van der Waals surface area (Å²) in [4.78, 5) is 4.78. The van der Waals surface area contributed by atoms with Gasteiger partial charge in [0.1, 0.15) is 5.82 Å². The summed E-state index contributed by atoms with van der Waals surface area (Å²) in [5, 5.41) is 3.56. The maximum absolute atomic E-state index is 4.78. The number of aromatic nitrogens is 2. The molecule has 1 aromatic carbocycles. The number of nitrogens with zero attached hydrogens (tertiary/aromatic N) is 2. The zero-order valence-corrected chi connectivity index (χ0v) is 11.2. The van der Waals surface area contributed by atoms with Crippen LogP contribution in [-0.2, 0) is 13.0 Å². The molecule has 0 spiro atoms. The molecule has 1 aliphatic rings. The zero-order chi connectivity index (χ0) is 12.5. The second-order valence-corrected chi connectivity index (χ2v) is 5.24. The summed E-state index contributed by atoms with van der Waals surface area (Å²) in [6, 6.07) is 7.33. The largest absolute Gasteiger partial charge is 0.328 e. The summed E-state index contributed by atoms with van der Waals surface area (Å²) in [7, 11) is 0. The van der Waals surface area contributed by atoms with Gasteiger partial charge in [0.2, 0.25) is 0 Å². The molecule has 1 heterocycles. The van der Waals surface area contributed by atoms with Crippen molar-refractivity contribution in [2.24, 2.45) is 0 Å². The molecule has 1 aliphatic carbocycles. The number of hydrogen-bond acceptors (Lipinski definition) is 2. The summed E-state index contributed by atoms with van der Waals surface area (Å²) in [5.41, 5.74) is 3.69. The third-order valence-corrected chi connectivity index (χ3v) is 3.66. The quantitative estimate of drug-likeness (QED) is 0.875. The third kappa shape index (κ3) is 2.27. The minimum Gasteiger partial charge on any atom is -0.328 e. The van der Waals surface area contributed by atoms with Crippen LogP contribution in [0.1, 0.15) is 31.2 Å². The van der Waals surface area contributed by atoms with E-state index < -0.39 is 0 Å². The van der Waals surface area contributed by atoms with Gasteiger partial charge in [0, 0.05) is 25.6 Å². The predicted molar refractivity (Wildman–Crippen MR) is 74.9 cm³/mol. The molecule has 0 radical (unpaired) electrons. The summed E-state index contributed by atoms with van der Waals surface area (Å²) in [6.07, 6.45) is 3.73. The van der Waals surface area contributed by atoms with Gasteiger partial charge in [-0.2, -0.15) is 0 Å². The highest BCUT2D eigenvalue weighted by Crippen LogP contribution is 2.20. The van der Waals surface area contributed by atoms with Crippen LogP contribution in [0.15, 0.2) is 18.2 Å². The first-order valence-electron chi connectivity index (χ1n) is 6.97. The van der Waals surface area contributed by atoms with E-state index >= 15 is 0 Å². The molecule has 0 bridgehead atoms. The van der Waals surface area contributed by atoms with Gasteiger partial charge in [0.05, 0.1) is 11.0 Å². The van der Waals surface area contributed by atoms with Crippen LogP contribution in [-0.4, -0.2) is 22.1 Å². The Balaban J connectivity index is 1.84. The second-order valence-electron chi connectivity index (χ2n) is 5.24. The maximum Gasteiger partial charge on any atom is 0.111 e. The molecule has 0 unspecified atom stereocenters. The Labute approximate surface area is 108 Å². The normalized spacial score (nSPS) is 15.4. The fraction of sp³-hybridized carbons (Fsp3) is 0.533. The van der Waals surface area contributed by atoms with Crippen LogP contribution in [0, 0.1) is 6.92 Å². The highest BCUT2D eigenvalue weighted by atomic mass is 15.1. The average Bonchev–Trinajstić information content (AvgIpc) is 3.10. The molecule has 1 aromatic heterocycles. The molecule has 2 aromatic rings. The fourth-order valence-electron chi connectivity index (χ4n) is 2.51. The Morgan fingerprint density at radius 1 is 1.39 bits per heavy atom. The van der Waals surface area contributed by atoms with E-state index in [1.807, 2.05) is 0 Å². The molecule has 18 heavy (non-hydrogen) atoms. The summed E-state index contributed by atoms with van der Waals surface area (Å²) >= 11 is 0. The van der Waals surface area contributed by atoms with Gasteiger partial charge in [-0.15, -0.1) is 0 Å². The topological polar surface area (TPSA) is 29.9 Å². The molecular formula is C15H21N3. The minimum atomic E-state index is 0.784.